The van der Waals surface area contributed by atoms with E-state index in [1.165, 1.54) is 4.88 Å². The van der Waals surface area contributed by atoms with E-state index in [9.17, 15) is 9.59 Å². The average molecular weight is 505 g/mol. The van der Waals surface area contributed by atoms with Gasteiger partial charge >= 0.3 is 0 Å². The highest BCUT2D eigenvalue weighted by Gasteiger charge is 2.29. The summed E-state index contributed by atoms with van der Waals surface area (Å²) in [6, 6.07) is 17.9. The molecule has 2 heterocycles. The lowest BCUT2D eigenvalue weighted by atomic mass is 9.82. The van der Waals surface area contributed by atoms with Crippen molar-refractivity contribution >= 4 is 45.5 Å². The van der Waals surface area contributed by atoms with Gasteiger partial charge in [0.05, 0.1) is 15.9 Å². The number of ketones is 2. The summed E-state index contributed by atoms with van der Waals surface area (Å²) in [5.74, 6) is 1.61. The van der Waals surface area contributed by atoms with Crippen LogP contribution in [-0.4, -0.2) is 21.1 Å². The first kappa shape index (κ1) is 24.0. The molecule has 4 nitrogen and oxygen atoms in total. The molecule has 0 spiro atoms. The molecule has 0 unspecified atom stereocenters. The zero-order valence-electron chi connectivity index (χ0n) is 20.1. The van der Waals surface area contributed by atoms with Gasteiger partial charge in [-0.2, -0.15) is 0 Å². The van der Waals surface area contributed by atoms with Crippen LogP contribution in [0.5, 0.6) is 0 Å². The monoisotopic (exact) mass is 504 g/mol. The molecule has 1 saturated carbocycles. The molecule has 0 amide bonds. The second-order valence-corrected chi connectivity index (χ2v) is 11.2. The van der Waals surface area contributed by atoms with Crippen molar-refractivity contribution < 1.29 is 9.59 Å². The molecule has 0 saturated heterocycles. The minimum Gasteiger partial charge on any atom is -0.321 e. The fourth-order valence-electron chi connectivity index (χ4n) is 5.28. The van der Waals surface area contributed by atoms with E-state index in [4.69, 9.17) is 16.6 Å². The van der Waals surface area contributed by atoms with Crippen LogP contribution in [0.15, 0.2) is 54.6 Å². The summed E-state index contributed by atoms with van der Waals surface area (Å²) in [6.45, 7) is 3.92. The Morgan fingerprint density at radius 1 is 1.06 bits per heavy atom. The Hall–Kier alpha value is -2.76. The van der Waals surface area contributed by atoms with E-state index in [1.54, 1.807) is 11.3 Å². The van der Waals surface area contributed by atoms with Crippen LogP contribution in [0.3, 0.4) is 0 Å². The van der Waals surface area contributed by atoms with Gasteiger partial charge < -0.3 is 4.57 Å². The van der Waals surface area contributed by atoms with Gasteiger partial charge in [0.1, 0.15) is 5.82 Å². The molecule has 2 aromatic carbocycles. The number of hydrogen-bond donors (Lipinski definition) is 0. The van der Waals surface area contributed by atoms with Crippen LogP contribution in [0, 0.1) is 12.8 Å². The molecular weight excluding hydrogens is 476 g/mol. The Labute approximate surface area is 215 Å². The van der Waals surface area contributed by atoms with Gasteiger partial charge in [-0.1, -0.05) is 24.9 Å². The maximum Gasteiger partial charge on any atom is 0.173 e. The molecule has 0 bridgehead atoms. The van der Waals surface area contributed by atoms with Gasteiger partial charge in [0.15, 0.2) is 11.6 Å². The maximum absolute atomic E-state index is 12.9. The Balaban J connectivity index is 1.50. The molecular formula is C29H29ClN2O2S. The lowest BCUT2D eigenvalue weighted by Gasteiger charge is -2.31. The minimum absolute atomic E-state index is 0.120. The highest BCUT2D eigenvalue weighted by molar-refractivity contribution is 7.14. The summed E-state index contributed by atoms with van der Waals surface area (Å²) < 4.78 is 2.34. The molecule has 1 aliphatic rings. The van der Waals surface area contributed by atoms with Crippen molar-refractivity contribution in [3.8, 4) is 11.4 Å². The standard InChI is InChI=1S/C29H29ClN2O2S/c1-3-26(33)21-10-13-25-24(17-21)31-29(20-8-11-22(30)12-9-20)32(25)23-6-4-5-19(15-23)16-27(34)28-14-7-18(2)35-28/h7-14,17,19,23H,3-6,15-16H2,1-2H3/t19-,23+/m1/s1. The number of carbonyl (C=O) groups excluding carboxylic acids is 2. The van der Waals surface area contributed by atoms with Crippen molar-refractivity contribution in [1.29, 1.82) is 0 Å². The highest BCUT2D eigenvalue weighted by atomic mass is 35.5. The number of thiophene rings is 1. The summed E-state index contributed by atoms with van der Waals surface area (Å²) in [7, 11) is 0. The van der Waals surface area contributed by atoms with Crippen LogP contribution in [0.25, 0.3) is 22.4 Å². The first-order chi connectivity index (χ1) is 16.9. The average Bonchev–Trinajstić information content (AvgIpc) is 3.47. The fraction of sp³-hybridized carbons (Fsp3) is 0.345. The van der Waals surface area contributed by atoms with Crippen molar-refractivity contribution in [3.05, 3.63) is 74.9 Å². The third-order valence-corrected chi connectivity index (χ3v) is 8.34. The summed E-state index contributed by atoms with van der Waals surface area (Å²) >= 11 is 7.75. The highest BCUT2D eigenvalue weighted by Crippen LogP contribution is 2.40. The van der Waals surface area contributed by atoms with Crippen LogP contribution in [0.1, 0.15) is 76.4 Å². The zero-order chi connectivity index (χ0) is 24.5. The third kappa shape index (κ3) is 4.98. The van der Waals surface area contributed by atoms with Gasteiger partial charge in [0.2, 0.25) is 0 Å². The SMILES string of the molecule is CCC(=O)c1ccc2c(c1)nc(-c1ccc(Cl)cc1)n2[C@H]1CCC[C@@H](CC(=O)c2ccc(C)s2)C1. The van der Waals surface area contributed by atoms with E-state index in [2.05, 4.69) is 4.57 Å². The van der Waals surface area contributed by atoms with Gasteiger partial charge in [0.25, 0.3) is 0 Å². The Morgan fingerprint density at radius 3 is 2.57 bits per heavy atom. The molecule has 35 heavy (non-hydrogen) atoms. The molecule has 6 heteroatoms. The Bertz CT molecular complexity index is 1390. The van der Waals surface area contributed by atoms with E-state index in [0.29, 0.717) is 29.3 Å². The predicted molar refractivity (Wildman–Crippen MR) is 144 cm³/mol. The third-order valence-electron chi connectivity index (χ3n) is 7.04. The van der Waals surface area contributed by atoms with Crippen LogP contribution in [-0.2, 0) is 0 Å². The summed E-state index contributed by atoms with van der Waals surface area (Å²) in [5, 5.41) is 0.687. The fourth-order valence-corrected chi connectivity index (χ4v) is 6.22. The number of aromatic nitrogens is 2. The summed E-state index contributed by atoms with van der Waals surface area (Å²) in [4.78, 5) is 32.3. The van der Waals surface area contributed by atoms with Crippen molar-refractivity contribution in [2.45, 2.75) is 58.4 Å². The topological polar surface area (TPSA) is 52.0 Å². The summed E-state index contributed by atoms with van der Waals surface area (Å²) in [5.41, 5.74) is 3.57. The van der Waals surface area contributed by atoms with Gasteiger partial charge in [-0.3, -0.25) is 9.59 Å². The normalized spacial score (nSPS) is 18.1. The molecule has 5 rings (SSSR count). The number of fused-ring (bicyclic) bond motifs is 1. The number of rotatable bonds is 7. The van der Waals surface area contributed by atoms with Crippen LogP contribution >= 0.6 is 22.9 Å². The van der Waals surface area contributed by atoms with Crippen molar-refractivity contribution in [3.63, 3.8) is 0 Å². The largest absolute Gasteiger partial charge is 0.321 e. The molecule has 1 fully saturated rings. The molecule has 2 atom stereocenters. The number of nitrogens with zero attached hydrogens (tertiary/aromatic N) is 2. The van der Waals surface area contributed by atoms with E-state index < -0.39 is 0 Å². The number of hydrogen-bond acceptors (Lipinski definition) is 4. The summed E-state index contributed by atoms with van der Waals surface area (Å²) in [6.07, 6.45) is 5.21. The predicted octanol–water partition coefficient (Wildman–Crippen LogP) is 8.32. The second-order valence-electron chi connectivity index (χ2n) is 9.52. The Morgan fingerprint density at radius 2 is 1.86 bits per heavy atom. The number of Topliss-reactive ketones (excluding diaryl/α,β-unsaturated/α-hetero) is 2. The van der Waals surface area contributed by atoms with Crippen LogP contribution < -0.4 is 0 Å². The lowest BCUT2D eigenvalue weighted by Crippen LogP contribution is -2.22. The van der Waals surface area contributed by atoms with Crippen molar-refractivity contribution in [2.24, 2.45) is 5.92 Å². The van der Waals surface area contributed by atoms with E-state index in [-0.39, 0.29) is 17.6 Å². The van der Waals surface area contributed by atoms with Crippen molar-refractivity contribution in [2.75, 3.05) is 0 Å². The van der Waals surface area contributed by atoms with E-state index in [1.807, 2.05) is 68.4 Å². The maximum atomic E-state index is 12.9. The number of aryl methyl sites for hydroxylation is 1. The van der Waals surface area contributed by atoms with Gasteiger partial charge in [-0.05, 0) is 86.7 Å². The molecule has 0 N–H and O–H groups in total. The Kier molecular flexibility index (Phi) is 6.90. The molecule has 0 radical (unpaired) electrons. The van der Waals surface area contributed by atoms with Crippen LogP contribution in [0.4, 0.5) is 0 Å². The number of halogens is 1. The van der Waals surface area contributed by atoms with Gasteiger partial charge in [0, 0.05) is 39.9 Å². The lowest BCUT2D eigenvalue weighted by molar-refractivity contribution is 0.0944. The van der Waals surface area contributed by atoms with Crippen LogP contribution in [0.2, 0.25) is 5.02 Å². The van der Waals surface area contributed by atoms with E-state index in [0.717, 1.165) is 53.0 Å². The number of carbonyl (C=O) groups is 2. The quantitative estimate of drug-likeness (QED) is 0.238. The van der Waals surface area contributed by atoms with Gasteiger partial charge in [-0.25, -0.2) is 4.98 Å². The molecule has 4 aromatic rings. The molecule has 180 valence electrons. The molecule has 2 aromatic heterocycles. The first-order valence-corrected chi connectivity index (χ1v) is 13.5. The minimum atomic E-state index is 0.120. The zero-order valence-corrected chi connectivity index (χ0v) is 21.7. The second kappa shape index (κ2) is 10.1. The number of imidazole rings is 1. The van der Waals surface area contributed by atoms with E-state index >= 15 is 0 Å². The molecule has 0 aliphatic heterocycles. The first-order valence-electron chi connectivity index (χ1n) is 12.3. The number of benzene rings is 2. The molecule has 1 aliphatic carbocycles. The van der Waals surface area contributed by atoms with Crippen molar-refractivity contribution in [1.82, 2.24) is 9.55 Å². The van der Waals surface area contributed by atoms with Gasteiger partial charge in [-0.15, -0.1) is 11.3 Å². The smallest absolute Gasteiger partial charge is 0.173 e.